The molecule has 3 rings (SSSR count). The Balaban J connectivity index is 0.00000324. The summed E-state index contributed by atoms with van der Waals surface area (Å²) in [5, 5.41) is 0. The molecule has 0 amide bonds. The van der Waals surface area contributed by atoms with Crippen molar-refractivity contribution in [3.05, 3.63) is 74.1 Å². The minimum absolute atomic E-state index is 0. The molecule has 0 saturated heterocycles. The average molecular weight is 548 g/mol. The minimum atomic E-state index is 0. The summed E-state index contributed by atoms with van der Waals surface area (Å²) in [5.74, 6) is 0. The number of hydrogen-bond donors (Lipinski definition) is 2. The summed E-state index contributed by atoms with van der Waals surface area (Å²) in [4.78, 5) is 14.9. The number of halogens is 1. The molecule has 0 bridgehead atoms. The molecule has 5 nitrogen and oxygen atoms in total. The van der Waals surface area contributed by atoms with Crippen LogP contribution in [0.15, 0.2) is 28.2 Å². The first-order valence-electron chi connectivity index (χ1n) is 11.7. The molecule has 0 spiro atoms. The molecule has 7 heteroatoms. The Morgan fingerprint density at radius 3 is 1.14 bits per heavy atom. The van der Waals surface area contributed by atoms with Crippen LogP contribution in [0.1, 0.15) is 69.7 Å². The molecule has 0 aliphatic heterocycles. The van der Waals surface area contributed by atoms with Crippen LogP contribution in [-0.4, -0.2) is 16.4 Å². The van der Waals surface area contributed by atoms with Crippen LogP contribution in [0.5, 0.6) is 0 Å². The van der Waals surface area contributed by atoms with E-state index in [-0.39, 0.29) is 29.5 Å². The fourth-order valence-electron chi connectivity index (χ4n) is 4.27. The zero-order chi connectivity index (χ0) is 25.5. The average Bonchev–Trinajstić information content (AvgIpc) is 2.84. The number of nitrogen functional groups attached to an aromatic ring is 2. The molecule has 3 aromatic rings. The van der Waals surface area contributed by atoms with Gasteiger partial charge in [0.25, 0.3) is 0 Å². The summed E-state index contributed by atoms with van der Waals surface area (Å²) in [7, 11) is 0. The Kier molecular flexibility index (Phi) is 10.5. The van der Waals surface area contributed by atoms with E-state index >= 15 is 0 Å². The fourth-order valence-corrected chi connectivity index (χ4v) is 4.27. The summed E-state index contributed by atoms with van der Waals surface area (Å²) in [6.45, 7) is 20.5. The first kappa shape index (κ1) is 31.4. The second-order valence-corrected chi connectivity index (χ2v) is 9.33. The van der Waals surface area contributed by atoms with Crippen molar-refractivity contribution < 1.29 is 17.1 Å². The van der Waals surface area contributed by atoms with Gasteiger partial charge in [-0.15, -0.1) is 12.4 Å². The number of anilines is 2. The van der Waals surface area contributed by atoms with Crippen molar-refractivity contribution in [3.63, 3.8) is 0 Å². The van der Waals surface area contributed by atoms with Crippen LogP contribution in [-0.2, 0) is 17.1 Å². The standard InChI is InChI=1S/C29H37N5.ClH.Fe/c1-14-18(5)28(19(6)15(2)26(14)30)32-22(9)24-12-11-13-25(34-24)23(10)33-29-20(7)16(3)27(31)17(4)21(29)8;;/h11-13H,30-31H2,1-10H3;1H;/b32-22+,33-23+;;. The molecular formula is C29H38ClFeN5. The predicted octanol–water partition coefficient (Wildman–Crippen LogP) is 7.41. The third-order valence-corrected chi connectivity index (χ3v) is 7.34. The van der Waals surface area contributed by atoms with Gasteiger partial charge in [0.1, 0.15) is 0 Å². The number of aliphatic imine (C=N–C) groups is 2. The van der Waals surface area contributed by atoms with Crippen LogP contribution in [0.25, 0.3) is 0 Å². The van der Waals surface area contributed by atoms with E-state index in [9.17, 15) is 0 Å². The summed E-state index contributed by atoms with van der Waals surface area (Å²) in [6, 6.07) is 5.99. The fraction of sp³-hybridized carbons (Fsp3) is 0.345. The Bertz CT molecular complexity index is 1210. The monoisotopic (exact) mass is 547 g/mol. The third kappa shape index (κ3) is 5.67. The number of pyridine rings is 1. The zero-order valence-corrected chi connectivity index (χ0v) is 24.9. The van der Waals surface area contributed by atoms with Crippen LogP contribution in [0.3, 0.4) is 0 Å². The molecule has 0 radical (unpaired) electrons. The Hall–Kier alpha value is -2.66. The van der Waals surface area contributed by atoms with E-state index < -0.39 is 0 Å². The second kappa shape index (κ2) is 12.1. The van der Waals surface area contributed by atoms with E-state index in [0.29, 0.717) is 0 Å². The largest absolute Gasteiger partial charge is 0.398 e. The Morgan fingerprint density at radius 1 is 0.583 bits per heavy atom. The van der Waals surface area contributed by atoms with Gasteiger partial charge in [0.2, 0.25) is 0 Å². The quantitative estimate of drug-likeness (QED) is 0.202. The van der Waals surface area contributed by atoms with E-state index in [0.717, 1.165) is 90.1 Å². The Labute approximate surface area is 232 Å². The molecule has 2 aromatic carbocycles. The number of nitrogens with two attached hydrogens (primary N) is 2. The van der Waals surface area contributed by atoms with E-state index in [2.05, 4.69) is 55.4 Å². The van der Waals surface area contributed by atoms with Crippen LogP contribution in [0.4, 0.5) is 22.7 Å². The molecule has 0 fully saturated rings. The molecule has 0 saturated carbocycles. The van der Waals surface area contributed by atoms with Crippen LogP contribution < -0.4 is 11.5 Å². The van der Waals surface area contributed by atoms with Gasteiger partial charge in [-0.2, -0.15) is 0 Å². The maximum atomic E-state index is 6.28. The SMILES string of the molecule is C/C(=N\c1c(C)c(C)c(N)c(C)c1C)c1cccc(/C(C)=N/c2c(C)c(C)c(N)c(C)c2C)n1.Cl.[Fe]. The molecule has 0 aliphatic carbocycles. The van der Waals surface area contributed by atoms with E-state index in [4.69, 9.17) is 26.4 Å². The topological polar surface area (TPSA) is 89.6 Å². The maximum Gasteiger partial charge on any atom is 0.0849 e. The van der Waals surface area contributed by atoms with Gasteiger partial charge in [-0.1, -0.05) is 6.07 Å². The molecule has 0 atom stereocenters. The predicted molar refractivity (Wildman–Crippen MR) is 155 cm³/mol. The van der Waals surface area contributed by atoms with Crippen LogP contribution in [0.2, 0.25) is 0 Å². The number of nitrogens with zero attached hydrogens (tertiary/aromatic N) is 3. The van der Waals surface area contributed by atoms with Gasteiger partial charge in [0, 0.05) is 28.4 Å². The molecule has 0 aliphatic rings. The molecule has 1 aromatic heterocycles. The molecule has 0 unspecified atom stereocenters. The summed E-state index contributed by atoms with van der Waals surface area (Å²) < 4.78 is 0. The van der Waals surface area contributed by atoms with Gasteiger partial charge >= 0.3 is 0 Å². The number of aromatic nitrogens is 1. The van der Waals surface area contributed by atoms with Gasteiger partial charge in [0.05, 0.1) is 34.2 Å². The van der Waals surface area contributed by atoms with Crippen molar-refractivity contribution in [1.29, 1.82) is 0 Å². The van der Waals surface area contributed by atoms with Gasteiger partial charge < -0.3 is 11.5 Å². The molecule has 4 N–H and O–H groups in total. The van der Waals surface area contributed by atoms with Crippen molar-refractivity contribution in [2.24, 2.45) is 9.98 Å². The minimum Gasteiger partial charge on any atom is -0.398 e. The normalized spacial score (nSPS) is 11.7. The van der Waals surface area contributed by atoms with Gasteiger partial charge in [0.15, 0.2) is 0 Å². The third-order valence-electron chi connectivity index (χ3n) is 7.34. The zero-order valence-electron chi connectivity index (χ0n) is 23.0. The summed E-state index contributed by atoms with van der Waals surface area (Å²) in [6.07, 6.45) is 0. The van der Waals surface area contributed by atoms with Crippen molar-refractivity contribution >= 4 is 46.6 Å². The van der Waals surface area contributed by atoms with Crippen molar-refractivity contribution in [1.82, 2.24) is 4.98 Å². The second-order valence-electron chi connectivity index (χ2n) is 9.33. The van der Waals surface area contributed by atoms with Crippen molar-refractivity contribution in [2.75, 3.05) is 11.5 Å². The van der Waals surface area contributed by atoms with E-state index in [1.165, 1.54) is 0 Å². The van der Waals surface area contributed by atoms with Crippen molar-refractivity contribution in [3.8, 4) is 0 Å². The molecular weight excluding hydrogens is 510 g/mol. The van der Waals surface area contributed by atoms with E-state index in [1.54, 1.807) is 0 Å². The van der Waals surface area contributed by atoms with Crippen LogP contribution >= 0.6 is 12.4 Å². The summed E-state index contributed by atoms with van der Waals surface area (Å²) >= 11 is 0. The van der Waals surface area contributed by atoms with Gasteiger partial charge in [-0.3, -0.25) is 9.98 Å². The smallest absolute Gasteiger partial charge is 0.0849 e. The first-order valence-corrected chi connectivity index (χ1v) is 11.7. The first-order chi connectivity index (χ1) is 15.9. The van der Waals surface area contributed by atoms with Gasteiger partial charge in [-0.25, -0.2) is 4.98 Å². The maximum absolute atomic E-state index is 6.28. The van der Waals surface area contributed by atoms with Gasteiger partial charge in [-0.05, 0) is 126 Å². The van der Waals surface area contributed by atoms with Crippen molar-refractivity contribution in [2.45, 2.75) is 69.2 Å². The molecule has 1 heterocycles. The van der Waals surface area contributed by atoms with Crippen LogP contribution in [0, 0.1) is 55.4 Å². The summed E-state index contributed by atoms with van der Waals surface area (Å²) in [5.41, 5.74) is 28.3. The number of hydrogen-bond acceptors (Lipinski definition) is 5. The molecule has 36 heavy (non-hydrogen) atoms. The van der Waals surface area contributed by atoms with E-state index in [1.807, 2.05) is 32.0 Å². The number of rotatable bonds is 4. The number of benzene rings is 2. The Morgan fingerprint density at radius 2 is 0.861 bits per heavy atom. The molecule has 194 valence electrons.